The zero-order valence-corrected chi connectivity index (χ0v) is 18.4. The van der Waals surface area contributed by atoms with Crippen LogP contribution in [0.15, 0.2) is 41.3 Å². The Balaban J connectivity index is 1.73. The van der Waals surface area contributed by atoms with Gasteiger partial charge in [-0.3, -0.25) is 4.79 Å². The Kier molecular flexibility index (Phi) is 6.83. The molecule has 2 aromatic rings. The maximum absolute atomic E-state index is 13.8. The number of hydrogen-bond acceptors (Lipinski definition) is 5. The third-order valence-electron chi connectivity index (χ3n) is 4.89. The quantitative estimate of drug-likeness (QED) is 0.665. The van der Waals surface area contributed by atoms with Crippen molar-refractivity contribution in [1.82, 2.24) is 4.90 Å². The van der Waals surface area contributed by atoms with Crippen molar-refractivity contribution in [1.29, 1.82) is 0 Å². The number of rotatable bonds is 6. The Morgan fingerprint density at radius 2 is 1.71 bits per heavy atom. The van der Waals surface area contributed by atoms with E-state index in [1.54, 1.807) is 4.90 Å². The second kappa shape index (κ2) is 9.21. The first-order chi connectivity index (χ1) is 14.5. The lowest BCUT2D eigenvalue weighted by Crippen LogP contribution is -2.42. The summed E-state index contributed by atoms with van der Waals surface area (Å²) in [5.41, 5.74) is 0.181. The Hall–Kier alpha value is -2.68. The summed E-state index contributed by atoms with van der Waals surface area (Å²) in [7, 11) is -3.49. The molecule has 0 N–H and O–H groups in total. The maximum atomic E-state index is 13.8. The molecule has 0 spiro atoms. The molecule has 0 radical (unpaired) electrons. The van der Waals surface area contributed by atoms with E-state index in [0.717, 1.165) is 18.4 Å². The molecule has 1 fully saturated rings. The van der Waals surface area contributed by atoms with E-state index in [4.69, 9.17) is 9.47 Å². The molecule has 1 saturated heterocycles. The molecule has 1 amide bonds. The molecule has 3 rings (SSSR count). The van der Waals surface area contributed by atoms with Gasteiger partial charge < -0.3 is 14.4 Å². The van der Waals surface area contributed by atoms with Crippen LogP contribution in [0.4, 0.5) is 8.78 Å². The molecule has 1 aliphatic heterocycles. The number of nitrogens with zero attached hydrogens (tertiary/aromatic N) is 1. The van der Waals surface area contributed by atoms with Crippen LogP contribution in [0, 0.1) is 11.6 Å². The standard InChI is InChI=1S/C22H25F2NO5S/c1-14(2)29-20-7-5-17(31(3,27)28)13-18(20)22(26)25-10-8-16(9-11-25)30-21-6-4-15(23)12-19(21)24/h4-7,12-14,16H,8-11H2,1-3H3. The Labute approximate surface area is 180 Å². The molecule has 0 unspecified atom stereocenters. The summed E-state index contributed by atoms with van der Waals surface area (Å²) in [4.78, 5) is 14.8. The number of halogens is 2. The van der Waals surface area contributed by atoms with Gasteiger partial charge in [-0.2, -0.15) is 0 Å². The second-order valence-corrected chi connectivity index (χ2v) is 9.80. The molecular formula is C22H25F2NO5S. The highest BCUT2D eigenvalue weighted by Gasteiger charge is 2.28. The van der Waals surface area contributed by atoms with Gasteiger partial charge in [-0.25, -0.2) is 17.2 Å². The number of carbonyl (C=O) groups excluding carboxylic acids is 1. The third-order valence-corrected chi connectivity index (χ3v) is 6.00. The molecule has 0 saturated carbocycles. The van der Waals surface area contributed by atoms with E-state index in [9.17, 15) is 22.0 Å². The minimum atomic E-state index is -3.49. The Bertz CT molecular complexity index is 1060. The van der Waals surface area contributed by atoms with Crippen molar-refractivity contribution >= 4 is 15.7 Å². The van der Waals surface area contributed by atoms with Gasteiger partial charge in [-0.05, 0) is 44.2 Å². The van der Waals surface area contributed by atoms with Crippen LogP contribution in [0.5, 0.6) is 11.5 Å². The molecule has 168 valence electrons. The van der Waals surface area contributed by atoms with Crippen molar-refractivity contribution in [3.8, 4) is 11.5 Å². The number of carbonyl (C=O) groups is 1. The van der Waals surface area contributed by atoms with Crippen molar-refractivity contribution in [3.05, 3.63) is 53.6 Å². The van der Waals surface area contributed by atoms with Gasteiger partial charge in [-0.1, -0.05) is 0 Å². The fourth-order valence-electron chi connectivity index (χ4n) is 3.36. The summed E-state index contributed by atoms with van der Waals surface area (Å²) in [6.45, 7) is 4.32. The smallest absolute Gasteiger partial charge is 0.257 e. The molecule has 2 aromatic carbocycles. The number of ether oxygens (including phenoxy) is 2. The first-order valence-electron chi connectivity index (χ1n) is 9.96. The number of sulfone groups is 1. The first-order valence-corrected chi connectivity index (χ1v) is 11.9. The molecule has 9 heteroatoms. The normalized spacial score (nSPS) is 15.2. The topological polar surface area (TPSA) is 72.9 Å². The highest BCUT2D eigenvalue weighted by atomic mass is 32.2. The summed E-state index contributed by atoms with van der Waals surface area (Å²) in [6.07, 6.45) is 1.47. The molecule has 6 nitrogen and oxygen atoms in total. The average molecular weight is 454 g/mol. The molecule has 1 heterocycles. The van der Waals surface area contributed by atoms with Crippen LogP contribution in [0.2, 0.25) is 0 Å². The van der Waals surface area contributed by atoms with E-state index in [-0.39, 0.29) is 34.3 Å². The summed E-state index contributed by atoms with van der Waals surface area (Å²) in [6, 6.07) is 7.39. The predicted molar refractivity (Wildman–Crippen MR) is 111 cm³/mol. The van der Waals surface area contributed by atoms with E-state index in [0.29, 0.717) is 31.7 Å². The molecule has 0 aromatic heterocycles. The molecule has 31 heavy (non-hydrogen) atoms. The lowest BCUT2D eigenvalue weighted by atomic mass is 10.1. The number of hydrogen-bond donors (Lipinski definition) is 0. The van der Waals surface area contributed by atoms with Crippen molar-refractivity contribution in [2.75, 3.05) is 19.3 Å². The van der Waals surface area contributed by atoms with Gasteiger partial charge in [0.25, 0.3) is 5.91 Å². The highest BCUT2D eigenvalue weighted by Crippen LogP contribution is 2.28. The van der Waals surface area contributed by atoms with Gasteiger partial charge in [0.1, 0.15) is 17.7 Å². The molecule has 0 aliphatic carbocycles. The molecule has 0 bridgehead atoms. The van der Waals surface area contributed by atoms with Crippen molar-refractivity contribution in [2.24, 2.45) is 0 Å². The monoisotopic (exact) mass is 453 g/mol. The average Bonchev–Trinajstić information content (AvgIpc) is 2.69. The van der Waals surface area contributed by atoms with Gasteiger partial charge in [0.15, 0.2) is 21.4 Å². The van der Waals surface area contributed by atoms with Crippen molar-refractivity contribution in [2.45, 2.75) is 43.8 Å². The van der Waals surface area contributed by atoms with Crippen LogP contribution in [-0.4, -0.2) is 50.8 Å². The third kappa shape index (κ3) is 5.72. The minimum absolute atomic E-state index is 0.0281. The Morgan fingerprint density at radius 1 is 1.06 bits per heavy atom. The SMILES string of the molecule is CC(C)Oc1ccc(S(C)(=O)=O)cc1C(=O)N1CCC(Oc2ccc(F)cc2F)CC1. The Morgan fingerprint density at radius 3 is 2.29 bits per heavy atom. The van der Waals surface area contributed by atoms with Gasteiger partial charge >= 0.3 is 0 Å². The van der Waals surface area contributed by atoms with Gasteiger partial charge in [0, 0.05) is 38.3 Å². The van der Waals surface area contributed by atoms with Gasteiger partial charge in [-0.15, -0.1) is 0 Å². The lowest BCUT2D eigenvalue weighted by molar-refractivity contribution is 0.0583. The first kappa shape index (κ1) is 23.0. The lowest BCUT2D eigenvalue weighted by Gasteiger charge is -2.32. The summed E-state index contributed by atoms with van der Waals surface area (Å²) < 4.78 is 62.1. The second-order valence-electron chi connectivity index (χ2n) is 7.78. The van der Waals surface area contributed by atoms with E-state index < -0.39 is 21.5 Å². The predicted octanol–water partition coefficient (Wildman–Crippen LogP) is 3.84. The number of amides is 1. The minimum Gasteiger partial charge on any atom is -0.490 e. The van der Waals surface area contributed by atoms with E-state index in [2.05, 4.69) is 0 Å². The van der Waals surface area contributed by atoms with Crippen LogP contribution in [0.3, 0.4) is 0 Å². The zero-order chi connectivity index (χ0) is 22.8. The van der Waals surface area contributed by atoms with Gasteiger partial charge in [0.05, 0.1) is 16.6 Å². The van der Waals surface area contributed by atoms with Gasteiger partial charge in [0.2, 0.25) is 0 Å². The van der Waals surface area contributed by atoms with E-state index in [1.807, 2.05) is 13.8 Å². The fourth-order valence-corrected chi connectivity index (χ4v) is 4.01. The number of piperidine rings is 1. The zero-order valence-electron chi connectivity index (χ0n) is 17.6. The van der Waals surface area contributed by atoms with Crippen LogP contribution in [0.1, 0.15) is 37.0 Å². The summed E-state index contributed by atoms with van der Waals surface area (Å²) in [5.74, 6) is -1.50. The van der Waals surface area contributed by atoms with Crippen LogP contribution < -0.4 is 9.47 Å². The molecule has 1 aliphatic rings. The largest absolute Gasteiger partial charge is 0.490 e. The van der Waals surface area contributed by atoms with Crippen molar-refractivity contribution in [3.63, 3.8) is 0 Å². The van der Waals surface area contributed by atoms with E-state index in [1.165, 1.54) is 24.3 Å². The molecular weight excluding hydrogens is 428 g/mol. The highest BCUT2D eigenvalue weighted by molar-refractivity contribution is 7.90. The van der Waals surface area contributed by atoms with Crippen LogP contribution in [-0.2, 0) is 9.84 Å². The maximum Gasteiger partial charge on any atom is 0.257 e. The van der Waals surface area contributed by atoms with E-state index >= 15 is 0 Å². The van der Waals surface area contributed by atoms with Crippen LogP contribution >= 0.6 is 0 Å². The van der Waals surface area contributed by atoms with Crippen molar-refractivity contribution < 1.29 is 31.5 Å². The number of benzene rings is 2. The summed E-state index contributed by atoms with van der Waals surface area (Å²) >= 11 is 0. The molecule has 0 atom stereocenters. The summed E-state index contributed by atoms with van der Waals surface area (Å²) in [5, 5.41) is 0. The van der Waals surface area contributed by atoms with Crippen LogP contribution in [0.25, 0.3) is 0 Å². The number of likely N-dealkylation sites (tertiary alicyclic amines) is 1. The fraction of sp³-hybridized carbons (Fsp3) is 0.409.